The number of amides is 2. The van der Waals surface area contributed by atoms with Crippen LogP contribution in [0, 0.1) is 10.8 Å². The van der Waals surface area contributed by atoms with Crippen LogP contribution >= 0.6 is 0 Å². The molecule has 0 heterocycles. The van der Waals surface area contributed by atoms with Crippen LogP contribution in [0.3, 0.4) is 0 Å². The first kappa shape index (κ1) is 17.8. The van der Waals surface area contributed by atoms with Crippen molar-refractivity contribution in [1.29, 1.82) is 0 Å². The minimum atomic E-state index is -0.970. The van der Waals surface area contributed by atoms with E-state index in [1.165, 1.54) is 4.90 Å². The molecule has 0 saturated heterocycles. The summed E-state index contributed by atoms with van der Waals surface area (Å²) in [7, 11) is 0. The molecule has 0 atom stereocenters. The lowest BCUT2D eigenvalue weighted by Gasteiger charge is -2.45. The molecule has 21 heavy (non-hydrogen) atoms. The van der Waals surface area contributed by atoms with E-state index in [-0.39, 0.29) is 29.4 Å². The van der Waals surface area contributed by atoms with Crippen LogP contribution in [0.15, 0.2) is 0 Å². The predicted molar refractivity (Wildman–Crippen MR) is 83.2 cm³/mol. The normalized spacial score (nSPS) is 20.8. The van der Waals surface area contributed by atoms with Crippen LogP contribution < -0.4 is 5.32 Å². The summed E-state index contributed by atoms with van der Waals surface area (Å²) in [5.74, 6) is -0.970. The van der Waals surface area contributed by atoms with E-state index in [1.54, 1.807) is 0 Å². The topological polar surface area (TPSA) is 69.6 Å². The van der Waals surface area contributed by atoms with Gasteiger partial charge in [-0.05, 0) is 36.5 Å². The van der Waals surface area contributed by atoms with Gasteiger partial charge in [-0.1, -0.05) is 34.6 Å². The zero-order valence-electron chi connectivity index (χ0n) is 14.0. The maximum Gasteiger partial charge on any atom is 0.323 e. The Hall–Kier alpha value is -1.26. The van der Waals surface area contributed by atoms with Gasteiger partial charge in [0, 0.05) is 12.6 Å². The predicted octanol–water partition coefficient (Wildman–Crippen LogP) is 3.10. The van der Waals surface area contributed by atoms with E-state index in [0.717, 1.165) is 25.7 Å². The summed E-state index contributed by atoms with van der Waals surface area (Å²) in [6.07, 6.45) is 3.77. The summed E-state index contributed by atoms with van der Waals surface area (Å²) in [5.41, 5.74) is 0.393. The average Bonchev–Trinajstić information content (AvgIpc) is 2.22. The van der Waals surface area contributed by atoms with Gasteiger partial charge >= 0.3 is 12.0 Å². The molecular weight excluding hydrogens is 268 g/mol. The minimum Gasteiger partial charge on any atom is -0.480 e. The fraction of sp³-hybridized carbons (Fsp3) is 0.875. The molecule has 5 heteroatoms. The Morgan fingerprint density at radius 2 is 1.71 bits per heavy atom. The van der Waals surface area contributed by atoms with Crippen molar-refractivity contribution in [3.63, 3.8) is 0 Å². The summed E-state index contributed by atoms with van der Waals surface area (Å²) >= 11 is 0. The van der Waals surface area contributed by atoms with Gasteiger partial charge in [-0.15, -0.1) is 0 Å². The van der Waals surface area contributed by atoms with Gasteiger partial charge in [-0.25, -0.2) is 4.79 Å². The third kappa shape index (κ3) is 5.94. The highest BCUT2D eigenvalue weighted by molar-refractivity contribution is 5.80. The Morgan fingerprint density at radius 1 is 1.19 bits per heavy atom. The van der Waals surface area contributed by atoms with E-state index in [0.29, 0.717) is 6.54 Å². The van der Waals surface area contributed by atoms with Crippen molar-refractivity contribution in [1.82, 2.24) is 10.2 Å². The SMILES string of the molecule is CCCN(CC(=O)O)C(=O)NC1CC(C)(C)CC(C)(C)C1. The van der Waals surface area contributed by atoms with E-state index in [9.17, 15) is 9.59 Å². The Kier molecular flexibility index (Phi) is 5.65. The fourth-order valence-corrected chi connectivity index (χ4v) is 3.90. The fourth-order valence-electron chi connectivity index (χ4n) is 3.90. The standard InChI is InChI=1S/C16H30N2O3/c1-6-7-18(10-13(19)20)14(21)17-12-8-15(2,3)11-16(4,5)9-12/h12H,6-11H2,1-5H3,(H,17,21)(H,19,20). The summed E-state index contributed by atoms with van der Waals surface area (Å²) in [4.78, 5) is 24.6. The van der Waals surface area contributed by atoms with Crippen molar-refractivity contribution in [2.24, 2.45) is 10.8 Å². The van der Waals surface area contributed by atoms with Crippen molar-refractivity contribution >= 4 is 12.0 Å². The highest BCUT2D eigenvalue weighted by atomic mass is 16.4. The zero-order chi connectivity index (χ0) is 16.3. The first-order valence-electron chi connectivity index (χ1n) is 7.82. The van der Waals surface area contributed by atoms with E-state index in [1.807, 2.05) is 6.92 Å². The van der Waals surface area contributed by atoms with Crippen LogP contribution in [0.1, 0.15) is 60.3 Å². The molecule has 0 bridgehead atoms. The van der Waals surface area contributed by atoms with Crippen LogP contribution in [0.5, 0.6) is 0 Å². The Bertz CT molecular complexity index is 375. The van der Waals surface area contributed by atoms with Gasteiger partial charge in [0.15, 0.2) is 0 Å². The number of nitrogens with one attached hydrogen (secondary N) is 1. The number of carboxylic acids is 1. The lowest BCUT2D eigenvalue weighted by Crippen LogP contribution is -2.51. The summed E-state index contributed by atoms with van der Waals surface area (Å²) < 4.78 is 0. The molecule has 122 valence electrons. The van der Waals surface area contributed by atoms with E-state index < -0.39 is 5.97 Å². The Balaban J connectivity index is 2.69. The number of carboxylic acid groups (broad SMARTS) is 1. The maximum atomic E-state index is 12.3. The number of nitrogens with zero attached hydrogens (tertiary/aromatic N) is 1. The lowest BCUT2D eigenvalue weighted by molar-refractivity contribution is -0.137. The van der Waals surface area contributed by atoms with Crippen molar-refractivity contribution in [3.8, 4) is 0 Å². The van der Waals surface area contributed by atoms with Crippen molar-refractivity contribution < 1.29 is 14.7 Å². The highest BCUT2D eigenvalue weighted by Crippen LogP contribution is 2.45. The van der Waals surface area contributed by atoms with Crippen LogP contribution in [0.25, 0.3) is 0 Å². The average molecular weight is 298 g/mol. The number of aliphatic carboxylic acids is 1. The summed E-state index contributed by atoms with van der Waals surface area (Å²) in [6, 6.07) is -0.137. The maximum absolute atomic E-state index is 12.3. The Morgan fingerprint density at radius 3 is 2.14 bits per heavy atom. The van der Waals surface area contributed by atoms with Crippen LogP contribution in [0.4, 0.5) is 4.79 Å². The largest absolute Gasteiger partial charge is 0.480 e. The molecule has 2 N–H and O–H groups in total. The molecule has 0 aromatic heterocycles. The van der Waals surface area contributed by atoms with Gasteiger partial charge in [0.05, 0.1) is 0 Å². The van der Waals surface area contributed by atoms with Gasteiger partial charge in [0.2, 0.25) is 0 Å². The van der Waals surface area contributed by atoms with E-state index >= 15 is 0 Å². The summed E-state index contributed by atoms with van der Waals surface area (Å²) in [6.45, 7) is 11.1. The van der Waals surface area contributed by atoms with Crippen molar-refractivity contribution in [3.05, 3.63) is 0 Å². The molecular formula is C16H30N2O3. The van der Waals surface area contributed by atoms with Gasteiger partial charge in [-0.2, -0.15) is 0 Å². The van der Waals surface area contributed by atoms with Gasteiger partial charge in [-0.3, -0.25) is 4.79 Å². The quantitative estimate of drug-likeness (QED) is 0.819. The molecule has 1 rings (SSSR count). The molecule has 1 fully saturated rings. The second-order valence-corrected chi connectivity index (χ2v) is 7.88. The second-order valence-electron chi connectivity index (χ2n) is 7.88. The molecule has 0 aromatic carbocycles. The number of carbonyl (C=O) groups is 2. The number of hydrogen-bond acceptors (Lipinski definition) is 2. The Labute approximate surface area is 128 Å². The van der Waals surface area contributed by atoms with Crippen LogP contribution in [0.2, 0.25) is 0 Å². The monoisotopic (exact) mass is 298 g/mol. The molecule has 5 nitrogen and oxygen atoms in total. The molecule has 0 aliphatic heterocycles. The van der Waals surface area contributed by atoms with Crippen molar-refractivity contribution in [2.45, 2.75) is 66.3 Å². The molecule has 0 radical (unpaired) electrons. The molecule has 1 aliphatic carbocycles. The molecule has 1 aliphatic rings. The smallest absolute Gasteiger partial charge is 0.323 e. The van der Waals surface area contributed by atoms with E-state index in [2.05, 4.69) is 33.0 Å². The van der Waals surface area contributed by atoms with Crippen LogP contribution in [-0.4, -0.2) is 41.1 Å². The number of urea groups is 1. The van der Waals surface area contributed by atoms with Crippen molar-refractivity contribution in [2.75, 3.05) is 13.1 Å². The number of rotatable bonds is 5. The first-order chi connectivity index (χ1) is 9.54. The van der Waals surface area contributed by atoms with Crippen LogP contribution in [-0.2, 0) is 4.79 Å². The number of carbonyl (C=O) groups excluding carboxylic acids is 1. The highest BCUT2D eigenvalue weighted by Gasteiger charge is 2.39. The molecule has 2 amide bonds. The third-order valence-corrected chi connectivity index (χ3v) is 3.99. The molecule has 0 spiro atoms. The zero-order valence-corrected chi connectivity index (χ0v) is 14.0. The first-order valence-corrected chi connectivity index (χ1v) is 7.82. The molecule has 1 saturated carbocycles. The number of hydrogen-bond donors (Lipinski definition) is 2. The third-order valence-electron chi connectivity index (χ3n) is 3.99. The second kappa shape index (κ2) is 6.67. The van der Waals surface area contributed by atoms with Gasteiger partial charge in [0.1, 0.15) is 6.54 Å². The van der Waals surface area contributed by atoms with E-state index in [4.69, 9.17) is 5.11 Å². The molecule has 0 unspecified atom stereocenters. The summed E-state index contributed by atoms with van der Waals surface area (Å²) in [5, 5.41) is 12.0. The molecule has 0 aromatic rings. The van der Waals surface area contributed by atoms with Gasteiger partial charge in [0.25, 0.3) is 0 Å². The minimum absolute atomic E-state index is 0.115. The van der Waals surface area contributed by atoms with Gasteiger partial charge < -0.3 is 15.3 Å². The lowest BCUT2D eigenvalue weighted by atomic mass is 9.63.